The van der Waals surface area contributed by atoms with Gasteiger partial charge in [0.1, 0.15) is 5.75 Å². The van der Waals surface area contributed by atoms with E-state index >= 15 is 0 Å². The molecule has 3 atom stereocenters. The number of benzene rings is 1. The second-order valence-corrected chi connectivity index (χ2v) is 6.09. The van der Waals surface area contributed by atoms with Crippen molar-refractivity contribution in [1.82, 2.24) is 0 Å². The fraction of sp³-hybridized carbons (Fsp3) is 0.600. The molecule has 4 heteroatoms. The molecule has 0 aliphatic carbocycles. The van der Waals surface area contributed by atoms with Gasteiger partial charge in [0, 0.05) is 29.2 Å². The summed E-state index contributed by atoms with van der Waals surface area (Å²) in [5, 5.41) is 0.574. The van der Waals surface area contributed by atoms with Crippen molar-refractivity contribution in [1.29, 1.82) is 0 Å². The SMILES string of the molecule is CCOc1ccccc1C(N)CSC1CCOC1C. The van der Waals surface area contributed by atoms with E-state index < -0.39 is 0 Å². The maximum atomic E-state index is 6.31. The Hall–Kier alpha value is -0.710. The third-order valence-electron chi connectivity index (χ3n) is 3.41. The van der Waals surface area contributed by atoms with Gasteiger partial charge in [0.25, 0.3) is 0 Å². The van der Waals surface area contributed by atoms with Crippen LogP contribution in [0.2, 0.25) is 0 Å². The van der Waals surface area contributed by atoms with Crippen molar-refractivity contribution in [3.05, 3.63) is 29.8 Å². The molecule has 0 aromatic heterocycles. The van der Waals surface area contributed by atoms with E-state index in [2.05, 4.69) is 13.0 Å². The predicted octanol–water partition coefficient (Wildman–Crippen LogP) is 3.00. The summed E-state index contributed by atoms with van der Waals surface area (Å²) < 4.78 is 11.2. The Morgan fingerprint density at radius 2 is 2.26 bits per heavy atom. The second-order valence-electron chi connectivity index (χ2n) is 4.81. The number of hydrogen-bond donors (Lipinski definition) is 1. The fourth-order valence-corrected chi connectivity index (χ4v) is 3.57. The van der Waals surface area contributed by atoms with Crippen LogP contribution in [0, 0.1) is 0 Å². The summed E-state index contributed by atoms with van der Waals surface area (Å²) >= 11 is 1.92. The number of hydrogen-bond acceptors (Lipinski definition) is 4. The third-order valence-corrected chi connectivity index (χ3v) is 5.01. The van der Waals surface area contributed by atoms with E-state index in [4.69, 9.17) is 15.2 Å². The summed E-state index contributed by atoms with van der Waals surface area (Å²) in [4.78, 5) is 0. The van der Waals surface area contributed by atoms with Crippen molar-refractivity contribution in [2.24, 2.45) is 5.73 Å². The normalized spacial score (nSPS) is 24.4. The summed E-state index contributed by atoms with van der Waals surface area (Å²) in [5.41, 5.74) is 7.41. The van der Waals surface area contributed by atoms with Crippen LogP contribution >= 0.6 is 11.8 Å². The maximum Gasteiger partial charge on any atom is 0.124 e. The number of thioether (sulfide) groups is 1. The molecule has 1 saturated heterocycles. The summed E-state index contributed by atoms with van der Waals surface area (Å²) in [7, 11) is 0. The van der Waals surface area contributed by atoms with Crippen molar-refractivity contribution >= 4 is 11.8 Å². The van der Waals surface area contributed by atoms with Gasteiger partial charge in [0.05, 0.1) is 12.7 Å². The first-order valence-corrected chi connectivity index (χ1v) is 7.97. The first-order chi connectivity index (χ1) is 9.22. The lowest BCUT2D eigenvalue weighted by atomic mass is 10.1. The first kappa shape index (κ1) is 14.7. The zero-order valence-electron chi connectivity index (χ0n) is 11.7. The second kappa shape index (κ2) is 7.17. The van der Waals surface area contributed by atoms with Crippen molar-refractivity contribution < 1.29 is 9.47 Å². The van der Waals surface area contributed by atoms with Crippen LogP contribution in [0.15, 0.2) is 24.3 Å². The lowest BCUT2D eigenvalue weighted by Gasteiger charge is -2.19. The summed E-state index contributed by atoms with van der Waals surface area (Å²) in [6, 6.07) is 8.07. The number of rotatable bonds is 6. The van der Waals surface area contributed by atoms with Crippen molar-refractivity contribution in [2.75, 3.05) is 19.0 Å². The van der Waals surface area contributed by atoms with Gasteiger partial charge in [-0.15, -0.1) is 0 Å². The smallest absolute Gasteiger partial charge is 0.124 e. The quantitative estimate of drug-likeness (QED) is 0.870. The molecule has 0 bridgehead atoms. The molecule has 0 amide bonds. The van der Waals surface area contributed by atoms with Crippen molar-refractivity contribution in [3.8, 4) is 5.75 Å². The van der Waals surface area contributed by atoms with E-state index in [0.717, 1.165) is 30.1 Å². The predicted molar refractivity (Wildman–Crippen MR) is 80.8 cm³/mol. The highest BCUT2D eigenvalue weighted by Crippen LogP contribution is 2.31. The molecule has 1 aromatic rings. The lowest BCUT2D eigenvalue weighted by Crippen LogP contribution is -2.19. The van der Waals surface area contributed by atoms with Gasteiger partial charge in [0.15, 0.2) is 0 Å². The minimum atomic E-state index is 0.0144. The molecule has 0 saturated carbocycles. The van der Waals surface area contributed by atoms with Crippen LogP contribution < -0.4 is 10.5 Å². The number of para-hydroxylation sites is 1. The molecule has 19 heavy (non-hydrogen) atoms. The van der Waals surface area contributed by atoms with Gasteiger partial charge in [-0.05, 0) is 26.3 Å². The minimum Gasteiger partial charge on any atom is -0.494 e. The van der Waals surface area contributed by atoms with Crippen LogP contribution in [0.4, 0.5) is 0 Å². The molecule has 0 radical (unpaired) electrons. The molecule has 3 unspecified atom stereocenters. The van der Waals surface area contributed by atoms with E-state index in [1.807, 2.05) is 36.9 Å². The average molecular weight is 281 g/mol. The summed E-state index contributed by atoms with van der Waals surface area (Å²) in [6.45, 7) is 5.69. The Morgan fingerprint density at radius 3 is 2.95 bits per heavy atom. The van der Waals surface area contributed by atoms with Gasteiger partial charge >= 0.3 is 0 Å². The van der Waals surface area contributed by atoms with Gasteiger partial charge in [-0.3, -0.25) is 0 Å². The summed E-state index contributed by atoms with van der Waals surface area (Å²) in [6.07, 6.45) is 1.48. The largest absolute Gasteiger partial charge is 0.494 e. The Labute approximate surface area is 119 Å². The van der Waals surface area contributed by atoms with Crippen molar-refractivity contribution in [3.63, 3.8) is 0 Å². The topological polar surface area (TPSA) is 44.5 Å². The van der Waals surface area contributed by atoms with Crippen molar-refractivity contribution in [2.45, 2.75) is 37.7 Å². The molecule has 1 heterocycles. The first-order valence-electron chi connectivity index (χ1n) is 6.93. The van der Waals surface area contributed by atoms with Gasteiger partial charge < -0.3 is 15.2 Å². The molecular formula is C15H23NO2S. The molecule has 1 fully saturated rings. The number of ether oxygens (including phenoxy) is 2. The molecule has 1 aliphatic rings. The van der Waals surface area contributed by atoms with E-state index in [1.165, 1.54) is 0 Å². The average Bonchev–Trinajstić information content (AvgIpc) is 2.82. The van der Waals surface area contributed by atoms with Gasteiger partial charge in [-0.2, -0.15) is 11.8 Å². The zero-order valence-corrected chi connectivity index (χ0v) is 12.5. The zero-order chi connectivity index (χ0) is 13.7. The summed E-state index contributed by atoms with van der Waals surface area (Å²) in [5.74, 6) is 1.82. The Morgan fingerprint density at radius 1 is 1.47 bits per heavy atom. The molecule has 2 rings (SSSR count). The molecule has 3 nitrogen and oxygen atoms in total. The maximum absolute atomic E-state index is 6.31. The molecule has 2 N–H and O–H groups in total. The fourth-order valence-electron chi connectivity index (χ4n) is 2.32. The highest BCUT2D eigenvalue weighted by atomic mass is 32.2. The molecule has 106 valence electrons. The highest BCUT2D eigenvalue weighted by molar-refractivity contribution is 8.00. The van der Waals surface area contributed by atoms with E-state index in [9.17, 15) is 0 Å². The van der Waals surface area contributed by atoms with Crippen LogP contribution in [-0.2, 0) is 4.74 Å². The van der Waals surface area contributed by atoms with Crippen LogP contribution in [0.3, 0.4) is 0 Å². The molecule has 1 aliphatic heterocycles. The third kappa shape index (κ3) is 3.88. The van der Waals surface area contributed by atoms with Crippen LogP contribution in [0.25, 0.3) is 0 Å². The van der Waals surface area contributed by atoms with E-state index in [-0.39, 0.29) is 6.04 Å². The van der Waals surface area contributed by atoms with Crippen LogP contribution in [0.5, 0.6) is 5.75 Å². The molecule has 0 spiro atoms. The standard InChI is InChI=1S/C15H23NO2S/c1-3-17-14-7-5-4-6-12(14)13(16)10-19-15-8-9-18-11(15)2/h4-7,11,13,15H,3,8-10,16H2,1-2H3. The monoisotopic (exact) mass is 281 g/mol. The Bertz CT molecular complexity index is 399. The Balaban J connectivity index is 1.93. The number of nitrogens with two attached hydrogens (primary N) is 1. The van der Waals surface area contributed by atoms with Gasteiger partial charge in [-0.1, -0.05) is 18.2 Å². The van der Waals surface area contributed by atoms with Crippen LogP contribution in [0.1, 0.15) is 31.9 Å². The molecule has 1 aromatic carbocycles. The molecular weight excluding hydrogens is 258 g/mol. The van der Waals surface area contributed by atoms with E-state index in [0.29, 0.717) is 18.0 Å². The highest BCUT2D eigenvalue weighted by Gasteiger charge is 2.25. The lowest BCUT2D eigenvalue weighted by molar-refractivity contribution is 0.127. The van der Waals surface area contributed by atoms with E-state index in [1.54, 1.807) is 0 Å². The van der Waals surface area contributed by atoms with Crippen LogP contribution in [-0.4, -0.2) is 30.3 Å². The Kier molecular flexibility index (Phi) is 5.55. The van der Waals surface area contributed by atoms with Gasteiger partial charge in [0.2, 0.25) is 0 Å². The minimum absolute atomic E-state index is 0.0144. The van der Waals surface area contributed by atoms with Gasteiger partial charge in [-0.25, -0.2) is 0 Å².